The molecule has 0 unspecified atom stereocenters. The topological polar surface area (TPSA) is 47.6 Å². The Kier molecular flexibility index (Phi) is 5.09. The van der Waals surface area contributed by atoms with E-state index in [9.17, 15) is 9.18 Å². The van der Waals surface area contributed by atoms with Crippen molar-refractivity contribution in [1.29, 1.82) is 0 Å². The number of amides is 1. The first-order valence-corrected chi connectivity index (χ1v) is 5.74. The van der Waals surface area contributed by atoms with Crippen LogP contribution in [0.4, 0.5) is 9.18 Å². The highest BCUT2D eigenvalue weighted by Gasteiger charge is 2.29. The molecular formula is C13H18FNO3. The average Bonchev–Trinajstić information content (AvgIpc) is 2.37. The van der Waals surface area contributed by atoms with Crippen LogP contribution in [0.5, 0.6) is 0 Å². The number of rotatable bonds is 5. The maximum atomic E-state index is 13.7. The summed E-state index contributed by atoms with van der Waals surface area (Å²) in [7, 11) is 1.47. The van der Waals surface area contributed by atoms with E-state index in [2.05, 4.69) is 5.32 Å². The summed E-state index contributed by atoms with van der Waals surface area (Å²) in [6.45, 7) is 3.84. The van der Waals surface area contributed by atoms with Crippen LogP contribution in [0.2, 0.25) is 0 Å². The Morgan fingerprint density at radius 2 is 2.11 bits per heavy atom. The summed E-state index contributed by atoms with van der Waals surface area (Å²) >= 11 is 0. The van der Waals surface area contributed by atoms with Gasteiger partial charge in [0.05, 0.1) is 13.2 Å². The van der Waals surface area contributed by atoms with E-state index in [1.54, 1.807) is 32.0 Å². The van der Waals surface area contributed by atoms with Gasteiger partial charge in [-0.2, -0.15) is 0 Å². The maximum absolute atomic E-state index is 13.7. The Hall–Kier alpha value is -1.62. The van der Waals surface area contributed by atoms with Crippen molar-refractivity contribution in [3.8, 4) is 0 Å². The van der Waals surface area contributed by atoms with Gasteiger partial charge >= 0.3 is 6.09 Å². The molecule has 1 aromatic rings. The molecule has 0 fully saturated rings. The van der Waals surface area contributed by atoms with Crippen LogP contribution in [0, 0.1) is 5.82 Å². The lowest BCUT2D eigenvalue weighted by Crippen LogP contribution is -2.40. The SMILES string of the molecule is CCOC(=O)NC[C@](C)(OC)c1ccccc1F. The molecule has 0 bridgehead atoms. The average molecular weight is 255 g/mol. The Morgan fingerprint density at radius 1 is 1.44 bits per heavy atom. The molecule has 0 heterocycles. The molecule has 0 aliphatic carbocycles. The Labute approximate surface area is 106 Å². The molecule has 0 spiro atoms. The number of carbonyl (C=O) groups excluding carboxylic acids is 1. The number of halogens is 1. The van der Waals surface area contributed by atoms with Crippen LogP contribution < -0.4 is 5.32 Å². The van der Waals surface area contributed by atoms with Crippen LogP contribution in [0.1, 0.15) is 19.4 Å². The lowest BCUT2D eigenvalue weighted by molar-refractivity contribution is -0.000315. The van der Waals surface area contributed by atoms with E-state index in [0.717, 1.165) is 0 Å². The van der Waals surface area contributed by atoms with Crippen LogP contribution in [-0.2, 0) is 15.1 Å². The summed E-state index contributed by atoms with van der Waals surface area (Å²) in [6, 6.07) is 6.32. The highest BCUT2D eigenvalue weighted by Crippen LogP contribution is 2.26. The van der Waals surface area contributed by atoms with E-state index in [4.69, 9.17) is 9.47 Å². The third kappa shape index (κ3) is 3.43. The van der Waals surface area contributed by atoms with Gasteiger partial charge in [0.2, 0.25) is 0 Å². The van der Waals surface area contributed by atoms with Gasteiger partial charge in [0, 0.05) is 12.7 Å². The van der Waals surface area contributed by atoms with Gasteiger partial charge in [0.15, 0.2) is 0 Å². The lowest BCUT2D eigenvalue weighted by Gasteiger charge is -2.29. The Morgan fingerprint density at radius 3 is 2.67 bits per heavy atom. The molecule has 0 radical (unpaired) electrons. The van der Waals surface area contributed by atoms with E-state index in [-0.39, 0.29) is 19.0 Å². The molecule has 0 saturated carbocycles. The Bertz CT molecular complexity index is 411. The predicted octanol–water partition coefficient (Wildman–Crippen LogP) is 2.43. The van der Waals surface area contributed by atoms with Crippen molar-refractivity contribution in [1.82, 2.24) is 5.32 Å². The number of alkyl carbamates (subject to hydrolysis) is 1. The number of methoxy groups -OCH3 is 1. The zero-order valence-corrected chi connectivity index (χ0v) is 10.8. The minimum atomic E-state index is -0.932. The second kappa shape index (κ2) is 6.35. The molecule has 5 heteroatoms. The van der Waals surface area contributed by atoms with Gasteiger partial charge in [-0.1, -0.05) is 18.2 Å². The maximum Gasteiger partial charge on any atom is 0.407 e. The van der Waals surface area contributed by atoms with Gasteiger partial charge in [-0.25, -0.2) is 9.18 Å². The van der Waals surface area contributed by atoms with Gasteiger partial charge in [-0.3, -0.25) is 0 Å². The predicted molar refractivity (Wildman–Crippen MR) is 65.8 cm³/mol. The van der Waals surface area contributed by atoms with Crippen LogP contribution in [0.3, 0.4) is 0 Å². The minimum Gasteiger partial charge on any atom is -0.450 e. The second-order valence-electron chi connectivity index (χ2n) is 3.99. The van der Waals surface area contributed by atoms with Crippen molar-refractivity contribution >= 4 is 6.09 Å². The minimum absolute atomic E-state index is 0.128. The molecule has 1 aromatic carbocycles. The van der Waals surface area contributed by atoms with E-state index in [1.165, 1.54) is 13.2 Å². The smallest absolute Gasteiger partial charge is 0.407 e. The fourth-order valence-corrected chi connectivity index (χ4v) is 1.59. The van der Waals surface area contributed by atoms with Crippen LogP contribution >= 0.6 is 0 Å². The fraction of sp³-hybridized carbons (Fsp3) is 0.462. The third-order valence-electron chi connectivity index (χ3n) is 2.74. The first-order valence-electron chi connectivity index (χ1n) is 5.74. The first-order chi connectivity index (χ1) is 8.53. The molecule has 0 aliphatic rings. The molecule has 1 atom stereocenters. The molecular weight excluding hydrogens is 237 g/mol. The normalized spacial score (nSPS) is 13.8. The van der Waals surface area contributed by atoms with Crippen LogP contribution in [0.25, 0.3) is 0 Å². The third-order valence-corrected chi connectivity index (χ3v) is 2.74. The summed E-state index contributed by atoms with van der Waals surface area (Å²) in [5, 5.41) is 2.55. The van der Waals surface area contributed by atoms with Gasteiger partial charge in [0.25, 0.3) is 0 Å². The van der Waals surface area contributed by atoms with Crippen molar-refractivity contribution in [2.45, 2.75) is 19.4 Å². The summed E-state index contributed by atoms with van der Waals surface area (Å²) < 4.78 is 23.8. The number of hydrogen-bond acceptors (Lipinski definition) is 3. The highest BCUT2D eigenvalue weighted by molar-refractivity contribution is 5.67. The van der Waals surface area contributed by atoms with Crippen molar-refractivity contribution in [3.05, 3.63) is 35.6 Å². The summed E-state index contributed by atoms with van der Waals surface area (Å²) in [5.41, 5.74) is -0.540. The van der Waals surface area contributed by atoms with Crippen molar-refractivity contribution < 1.29 is 18.7 Å². The van der Waals surface area contributed by atoms with Crippen molar-refractivity contribution in [2.75, 3.05) is 20.3 Å². The molecule has 1 amide bonds. The van der Waals surface area contributed by atoms with Crippen molar-refractivity contribution in [2.24, 2.45) is 0 Å². The van der Waals surface area contributed by atoms with Crippen LogP contribution in [-0.4, -0.2) is 26.4 Å². The number of hydrogen-bond donors (Lipinski definition) is 1. The van der Waals surface area contributed by atoms with E-state index >= 15 is 0 Å². The molecule has 0 saturated heterocycles. The van der Waals surface area contributed by atoms with E-state index in [1.807, 2.05) is 0 Å². The highest BCUT2D eigenvalue weighted by atomic mass is 19.1. The summed E-state index contributed by atoms with van der Waals surface area (Å²) in [4.78, 5) is 11.2. The zero-order valence-electron chi connectivity index (χ0n) is 10.8. The van der Waals surface area contributed by atoms with Gasteiger partial charge < -0.3 is 14.8 Å². The fourth-order valence-electron chi connectivity index (χ4n) is 1.59. The molecule has 0 aliphatic heterocycles. The largest absolute Gasteiger partial charge is 0.450 e. The number of ether oxygens (including phenoxy) is 2. The first kappa shape index (κ1) is 14.4. The quantitative estimate of drug-likeness (QED) is 0.879. The standard InChI is InChI=1S/C13H18FNO3/c1-4-18-12(16)15-9-13(2,17-3)10-7-5-6-8-11(10)14/h5-8H,4,9H2,1-3H3,(H,15,16)/t13-/m0/s1. The van der Waals surface area contributed by atoms with Crippen molar-refractivity contribution in [3.63, 3.8) is 0 Å². The second-order valence-corrected chi connectivity index (χ2v) is 3.99. The van der Waals surface area contributed by atoms with Gasteiger partial charge in [-0.05, 0) is 19.9 Å². The molecule has 0 aromatic heterocycles. The molecule has 1 N–H and O–H groups in total. The summed E-state index contributed by atoms with van der Waals surface area (Å²) in [6.07, 6.45) is -0.544. The zero-order chi connectivity index (χ0) is 13.6. The summed E-state index contributed by atoms with van der Waals surface area (Å²) in [5.74, 6) is -0.368. The number of benzene rings is 1. The molecule has 100 valence electrons. The van der Waals surface area contributed by atoms with Crippen LogP contribution in [0.15, 0.2) is 24.3 Å². The molecule has 4 nitrogen and oxygen atoms in total. The van der Waals surface area contributed by atoms with E-state index < -0.39 is 11.7 Å². The van der Waals surface area contributed by atoms with Gasteiger partial charge in [-0.15, -0.1) is 0 Å². The molecule has 1 rings (SSSR count). The lowest BCUT2D eigenvalue weighted by atomic mass is 9.95. The monoisotopic (exact) mass is 255 g/mol. The van der Waals surface area contributed by atoms with E-state index in [0.29, 0.717) is 5.56 Å². The Balaban J connectivity index is 2.80. The number of nitrogens with one attached hydrogen (secondary N) is 1. The molecule has 18 heavy (non-hydrogen) atoms. The number of carbonyl (C=O) groups is 1. The van der Waals surface area contributed by atoms with Gasteiger partial charge in [0.1, 0.15) is 11.4 Å².